The van der Waals surface area contributed by atoms with E-state index in [0.29, 0.717) is 0 Å². The first kappa shape index (κ1) is 13.6. The number of rotatable bonds is 2. The lowest BCUT2D eigenvalue weighted by molar-refractivity contribution is 0.0878. The summed E-state index contributed by atoms with van der Waals surface area (Å²) in [5.41, 5.74) is 3.25. The van der Waals surface area contributed by atoms with Crippen molar-refractivity contribution in [1.29, 1.82) is 0 Å². The Balaban J connectivity index is 1.85. The molecule has 0 unspecified atom stereocenters. The van der Waals surface area contributed by atoms with E-state index in [0.717, 1.165) is 41.3 Å². The zero-order chi connectivity index (χ0) is 14.4. The van der Waals surface area contributed by atoms with Crippen molar-refractivity contribution in [2.24, 2.45) is 4.99 Å². The molecular formula is C16H18N2OS2. The van der Waals surface area contributed by atoms with Crippen molar-refractivity contribution >= 4 is 34.7 Å². The zero-order valence-corrected chi connectivity index (χ0v) is 13.7. The molecule has 1 fully saturated rings. The van der Waals surface area contributed by atoms with Crippen LogP contribution in [-0.2, 0) is 6.42 Å². The van der Waals surface area contributed by atoms with Gasteiger partial charge in [-0.15, -0.1) is 23.1 Å². The van der Waals surface area contributed by atoms with E-state index in [1.165, 1.54) is 23.3 Å². The average molecular weight is 318 g/mol. The molecule has 110 valence electrons. The minimum Gasteiger partial charge on any atom is -0.346 e. The van der Waals surface area contributed by atoms with E-state index in [-0.39, 0.29) is 11.4 Å². The monoisotopic (exact) mass is 318 g/mol. The van der Waals surface area contributed by atoms with Crippen LogP contribution in [0.25, 0.3) is 0 Å². The van der Waals surface area contributed by atoms with E-state index in [1.54, 1.807) is 23.1 Å². The third-order valence-electron chi connectivity index (χ3n) is 4.72. The number of fused-ring (bicyclic) bond motifs is 1. The van der Waals surface area contributed by atoms with Gasteiger partial charge in [-0.25, -0.2) is 0 Å². The largest absolute Gasteiger partial charge is 0.346 e. The SMILES string of the molecule is CSc1sc(C2=NCC=C2)c2c1C(=O)NC1(CCCC1)C2. The average Bonchev–Trinajstić information content (AvgIpc) is 3.18. The smallest absolute Gasteiger partial charge is 0.254 e. The van der Waals surface area contributed by atoms with E-state index < -0.39 is 0 Å². The quantitative estimate of drug-likeness (QED) is 0.849. The molecule has 2 aliphatic heterocycles. The van der Waals surface area contributed by atoms with Crippen LogP contribution in [0.2, 0.25) is 0 Å². The van der Waals surface area contributed by atoms with Gasteiger partial charge in [-0.05, 0) is 37.2 Å². The molecule has 3 heterocycles. The van der Waals surface area contributed by atoms with E-state index in [9.17, 15) is 4.79 Å². The predicted molar refractivity (Wildman–Crippen MR) is 89.0 cm³/mol. The minimum atomic E-state index is 0.0124. The molecule has 0 saturated heterocycles. The van der Waals surface area contributed by atoms with E-state index in [4.69, 9.17) is 0 Å². The Bertz CT molecular complexity index is 666. The number of carbonyl (C=O) groups is 1. The number of hydrogen-bond acceptors (Lipinski definition) is 4. The van der Waals surface area contributed by atoms with Gasteiger partial charge in [0, 0.05) is 5.54 Å². The van der Waals surface area contributed by atoms with Gasteiger partial charge < -0.3 is 5.32 Å². The Morgan fingerprint density at radius 1 is 1.38 bits per heavy atom. The molecule has 21 heavy (non-hydrogen) atoms. The lowest BCUT2D eigenvalue weighted by Gasteiger charge is -2.35. The summed E-state index contributed by atoms with van der Waals surface area (Å²) in [6.07, 6.45) is 11.9. The summed E-state index contributed by atoms with van der Waals surface area (Å²) >= 11 is 3.41. The van der Waals surface area contributed by atoms with Crippen LogP contribution in [0.3, 0.4) is 0 Å². The number of nitrogens with zero attached hydrogens (tertiary/aromatic N) is 1. The van der Waals surface area contributed by atoms with Crippen LogP contribution in [0.15, 0.2) is 21.4 Å². The fourth-order valence-electron chi connectivity index (χ4n) is 3.75. The van der Waals surface area contributed by atoms with Crippen molar-refractivity contribution in [3.8, 4) is 0 Å². The van der Waals surface area contributed by atoms with Crippen LogP contribution in [0.4, 0.5) is 0 Å². The molecule has 1 aliphatic carbocycles. The van der Waals surface area contributed by atoms with E-state index in [2.05, 4.69) is 28.7 Å². The fraction of sp³-hybridized carbons (Fsp3) is 0.500. The van der Waals surface area contributed by atoms with Crippen molar-refractivity contribution in [3.05, 3.63) is 28.2 Å². The highest BCUT2D eigenvalue weighted by Crippen LogP contribution is 2.44. The van der Waals surface area contributed by atoms with Crippen molar-refractivity contribution in [3.63, 3.8) is 0 Å². The van der Waals surface area contributed by atoms with Crippen LogP contribution in [0, 0.1) is 0 Å². The van der Waals surface area contributed by atoms with Crippen LogP contribution < -0.4 is 5.32 Å². The molecular weight excluding hydrogens is 300 g/mol. The zero-order valence-electron chi connectivity index (χ0n) is 12.1. The van der Waals surface area contributed by atoms with E-state index in [1.807, 2.05) is 0 Å². The Labute approximate surface area is 132 Å². The maximum absolute atomic E-state index is 12.7. The molecule has 0 bridgehead atoms. The van der Waals surface area contributed by atoms with Gasteiger partial charge in [0.1, 0.15) is 0 Å². The molecule has 1 amide bonds. The second-order valence-electron chi connectivity index (χ2n) is 6.02. The van der Waals surface area contributed by atoms with Gasteiger partial charge in [0.25, 0.3) is 5.91 Å². The third kappa shape index (κ3) is 2.09. The molecule has 3 nitrogen and oxygen atoms in total. The normalized spacial score (nSPS) is 22.5. The second-order valence-corrected chi connectivity index (χ2v) is 8.12. The van der Waals surface area contributed by atoms with Gasteiger partial charge in [-0.3, -0.25) is 9.79 Å². The number of aliphatic imine (C=N–C) groups is 1. The third-order valence-corrected chi connectivity index (χ3v) is 7.09. The molecule has 0 atom stereocenters. The lowest BCUT2D eigenvalue weighted by Crippen LogP contribution is -2.51. The predicted octanol–water partition coefficient (Wildman–Crippen LogP) is 3.43. The van der Waals surface area contributed by atoms with Crippen LogP contribution in [0.1, 0.15) is 46.5 Å². The minimum absolute atomic E-state index is 0.0124. The number of nitrogens with one attached hydrogen (secondary N) is 1. The van der Waals surface area contributed by atoms with Gasteiger partial charge in [-0.2, -0.15) is 0 Å². The molecule has 4 rings (SSSR count). The van der Waals surface area contributed by atoms with Gasteiger partial charge in [0.05, 0.1) is 26.9 Å². The summed E-state index contributed by atoms with van der Waals surface area (Å²) in [7, 11) is 0. The summed E-state index contributed by atoms with van der Waals surface area (Å²) in [5.74, 6) is 0.132. The number of thiophene rings is 1. The van der Waals surface area contributed by atoms with Gasteiger partial charge >= 0.3 is 0 Å². The maximum Gasteiger partial charge on any atom is 0.254 e. The highest BCUT2D eigenvalue weighted by atomic mass is 32.2. The van der Waals surface area contributed by atoms with Crippen LogP contribution in [0.5, 0.6) is 0 Å². The summed E-state index contributed by atoms with van der Waals surface area (Å²) in [6.45, 7) is 0.772. The van der Waals surface area contributed by atoms with Crippen molar-refractivity contribution in [2.75, 3.05) is 12.8 Å². The highest BCUT2D eigenvalue weighted by molar-refractivity contribution is 8.00. The fourth-order valence-corrected chi connectivity index (χ4v) is 5.79. The number of allylic oxidation sites excluding steroid dienone is 1. The summed E-state index contributed by atoms with van der Waals surface area (Å²) < 4.78 is 1.13. The number of hydrogen-bond donors (Lipinski definition) is 1. The molecule has 1 aromatic heterocycles. The Kier molecular flexibility index (Phi) is 3.23. The van der Waals surface area contributed by atoms with Crippen LogP contribution >= 0.6 is 23.1 Å². The van der Waals surface area contributed by atoms with Crippen molar-refractivity contribution < 1.29 is 4.79 Å². The summed E-state index contributed by atoms with van der Waals surface area (Å²) in [6, 6.07) is 0. The van der Waals surface area contributed by atoms with Gasteiger partial charge in [0.15, 0.2) is 0 Å². The van der Waals surface area contributed by atoms with Gasteiger partial charge in [-0.1, -0.05) is 18.9 Å². The first-order valence-corrected chi connectivity index (χ1v) is 9.50. The second kappa shape index (κ2) is 4.99. The molecule has 0 aromatic carbocycles. The number of carbonyl (C=O) groups excluding carboxylic acids is 1. The summed E-state index contributed by atoms with van der Waals surface area (Å²) in [5, 5.41) is 3.32. The Morgan fingerprint density at radius 3 is 2.86 bits per heavy atom. The molecule has 0 radical (unpaired) electrons. The van der Waals surface area contributed by atoms with Crippen molar-refractivity contribution in [1.82, 2.24) is 5.32 Å². The van der Waals surface area contributed by atoms with E-state index >= 15 is 0 Å². The van der Waals surface area contributed by atoms with Crippen molar-refractivity contribution in [2.45, 2.75) is 41.9 Å². The Hall–Kier alpha value is -1.07. The summed E-state index contributed by atoms with van der Waals surface area (Å²) in [4.78, 5) is 18.5. The van der Waals surface area contributed by atoms with Crippen LogP contribution in [-0.4, -0.2) is 30.0 Å². The molecule has 5 heteroatoms. The maximum atomic E-state index is 12.7. The number of amides is 1. The Morgan fingerprint density at radius 2 is 2.19 bits per heavy atom. The first-order valence-electron chi connectivity index (χ1n) is 7.46. The topological polar surface area (TPSA) is 41.5 Å². The molecule has 1 N–H and O–H groups in total. The molecule has 1 spiro atoms. The molecule has 1 aromatic rings. The van der Waals surface area contributed by atoms with Gasteiger partial charge in [0.2, 0.25) is 0 Å². The first-order chi connectivity index (χ1) is 10.2. The standard InChI is InChI=1S/C16H18N2OS2/c1-20-15-12-10(13(21-15)11-5-4-8-17-11)9-16(18-14(12)19)6-2-3-7-16/h4-5H,2-3,6-9H2,1H3,(H,18,19). The highest BCUT2D eigenvalue weighted by Gasteiger charge is 2.43. The number of thioether (sulfide) groups is 1. The lowest BCUT2D eigenvalue weighted by atomic mass is 9.83. The molecule has 3 aliphatic rings. The molecule has 1 saturated carbocycles.